The van der Waals surface area contributed by atoms with Crippen molar-refractivity contribution < 1.29 is 9.50 Å². The van der Waals surface area contributed by atoms with Crippen molar-refractivity contribution in [2.24, 2.45) is 0 Å². The Hall–Kier alpha value is -0.550. The first-order valence-electron chi connectivity index (χ1n) is 6.32. The van der Waals surface area contributed by atoms with E-state index in [0.29, 0.717) is 17.0 Å². The van der Waals surface area contributed by atoms with Gasteiger partial charge in [-0.2, -0.15) is 0 Å². The molecular formula is C13H17Cl2FN2O. The van der Waals surface area contributed by atoms with Gasteiger partial charge in [0.2, 0.25) is 0 Å². The van der Waals surface area contributed by atoms with Crippen LogP contribution in [-0.2, 0) is 0 Å². The summed E-state index contributed by atoms with van der Waals surface area (Å²) < 4.78 is 12.8. The van der Waals surface area contributed by atoms with Gasteiger partial charge >= 0.3 is 0 Å². The van der Waals surface area contributed by atoms with Crippen LogP contribution in [0.2, 0.25) is 10.0 Å². The van der Waals surface area contributed by atoms with E-state index in [1.54, 1.807) is 6.07 Å². The fourth-order valence-electron chi connectivity index (χ4n) is 2.47. The minimum absolute atomic E-state index is 0.00282. The van der Waals surface area contributed by atoms with Gasteiger partial charge in [-0.3, -0.25) is 9.29 Å². The van der Waals surface area contributed by atoms with Crippen molar-refractivity contribution in [1.82, 2.24) is 10.2 Å². The fourth-order valence-corrected chi connectivity index (χ4v) is 2.98. The SMILES string of the molecule is Oc1c(Cl)cc(Cl)cc1[C@H](CCF)N1CCNCC1. The summed E-state index contributed by atoms with van der Waals surface area (Å²) in [5.74, 6) is 0.00282. The second-order valence-electron chi connectivity index (χ2n) is 4.60. The second-order valence-corrected chi connectivity index (χ2v) is 5.45. The number of aromatic hydroxyl groups is 1. The zero-order valence-electron chi connectivity index (χ0n) is 10.5. The molecule has 106 valence electrons. The van der Waals surface area contributed by atoms with Gasteiger partial charge in [0, 0.05) is 42.8 Å². The average Bonchev–Trinajstić information content (AvgIpc) is 2.41. The normalized spacial score (nSPS) is 18.5. The van der Waals surface area contributed by atoms with Crippen molar-refractivity contribution in [2.45, 2.75) is 12.5 Å². The molecule has 2 N–H and O–H groups in total. The molecule has 1 aliphatic rings. The number of nitrogens with one attached hydrogen (secondary N) is 1. The lowest BCUT2D eigenvalue weighted by molar-refractivity contribution is 0.155. The minimum atomic E-state index is -0.446. The van der Waals surface area contributed by atoms with Crippen molar-refractivity contribution >= 4 is 23.2 Å². The van der Waals surface area contributed by atoms with E-state index in [1.807, 2.05) is 0 Å². The fraction of sp³-hybridized carbons (Fsp3) is 0.538. The number of rotatable bonds is 4. The number of benzene rings is 1. The van der Waals surface area contributed by atoms with Gasteiger partial charge in [-0.1, -0.05) is 23.2 Å². The zero-order valence-corrected chi connectivity index (χ0v) is 12.0. The molecule has 1 aromatic carbocycles. The Morgan fingerprint density at radius 3 is 2.63 bits per heavy atom. The average molecular weight is 307 g/mol. The van der Waals surface area contributed by atoms with E-state index in [1.165, 1.54) is 6.07 Å². The largest absolute Gasteiger partial charge is 0.506 e. The van der Waals surface area contributed by atoms with Gasteiger partial charge < -0.3 is 10.4 Å². The third-order valence-electron chi connectivity index (χ3n) is 3.39. The van der Waals surface area contributed by atoms with Gasteiger partial charge in [-0.05, 0) is 18.6 Å². The summed E-state index contributed by atoms with van der Waals surface area (Å²) in [6, 6.07) is 2.97. The highest BCUT2D eigenvalue weighted by Crippen LogP contribution is 2.38. The molecular weight excluding hydrogens is 290 g/mol. The first-order chi connectivity index (χ1) is 9.13. The number of piperazine rings is 1. The van der Waals surface area contributed by atoms with Gasteiger partial charge in [-0.25, -0.2) is 0 Å². The number of hydrogen-bond donors (Lipinski definition) is 2. The van der Waals surface area contributed by atoms with Gasteiger partial charge in [0.05, 0.1) is 11.7 Å². The quantitative estimate of drug-likeness (QED) is 0.897. The van der Waals surface area contributed by atoms with Crippen LogP contribution in [0.25, 0.3) is 0 Å². The molecule has 6 heteroatoms. The molecule has 1 saturated heterocycles. The van der Waals surface area contributed by atoms with Crippen LogP contribution < -0.4 is 5.32 Å². The second kappa shape index (κ2) is 6.75. The summed E-state index contributed by atoms with van der Waals surface area (Å²) in [7, 11) is 0. The van der Waals surface area contributed by atoms with Crippen LogP contribution in [0.1, 0.15) is 18.0 Å². The van der Waals surface area contributed by atoms with E-state index in [9.17, 15) is 9.50 Å². The van der Waals surface area contributed by atoms with Crippen molar-refractivity contribution in [1.29, 1.82) is 0 Å². The highest BCUT2D eigenvalue weighted by Gasteiger charge is 2.25. The highest BCUT2D eigenvalue weighted by atomic mass is 35.5. The Bertz CT molecular complexity index is 439. The maximum absolute atomic E-state index is 12.8. The Kier molecular flexibility index (Phi) is 5.28. The topological polar surface area (TPSA) is 35.5 Å². The van der Waals surface area contributed by atoms with E-state index in [0.717, 1.165) is 26.2 Å². The zero-order chi connectivity index (χ0) is 13.8. The van der Waals surface area contributed by atoms with E-state index < -0.39 is 6.67 Å². The lowest BCUT2D eigenvalue weighted by Gasteiger charge is -2.35. The Balaban J connectivity index is 2.32. The van der Waals surface area contributed by atoms with Crippen LogP contribution in [-0.4, -0.2) is 42.9 Å². The number of nitrogens with zero attached hydrogens (tertiary/aromatic N) is 1. The summed E-state index contributed by atoms with van der Waals surface area (Å²) in [5.41, 5.74) is 0.608. The maximum Gasteiger partial charge on any atom is 0.139 e. The third kappa shape index (κ3) is 3.51. The molecule has 0 amide bonds. The molecule has 0 radical (unpaired) electrons. The molecule has 0 spiro atoms. The molecule has 1 aromatic rings. The lowest BCUT2D eigenvalue weighted by Crippen LogP contribution is -2.45. The molecule has 1 aliphatic heterocycles. The number of halogens is 3. The van der Waals surface area contributed by atoms with Crippen LogP contribution in [0.5, 0.6) is 5.75 Å². The summed E-state index contributed by atoms with van der Waals surface area (Å²) in [6.07, 6.45) is 0.324. The molecule has 1 atom stereocenters. The molecule has 0 unspecified atom stereocenters. The van der Waals surface area contributed by atoms with Gasteiger partial charge in [0.25, 0.3) is 0 Å². The molecule has 0 aliphatic carbocycles. The monoisotopic (exact) mass is 306 g/mol. The van der Waals surface area contributed by atoms with Crippen LogP contribution in [0.3, 0.4) is 0 Å². The smallest absolute Gasteiger partial charge is 0.139 e. The van der Waals surface area contributed by atoms with Crippen LogP contribution in [0.15, 0.2) is 12.1 Å². The molecule has 1 fully saturated rings. The molecule has 0 bridgehead atoms. The third-order valence-corrected chi connectivity index (χ3v) is 3.90. The van der Waals surface area contributed by atoms with E-state index in [2.05, 4.69) is 10.2 Å². The first-order valence-corrected chi connectivity index (χ1v) is 7.07. The lowest BCUT2D eigenvalue weighted by atomic mass is 10.0. The van der Waals surface area contributed by atoms with Crippen molar-refractivity contribution in [2.75, 3.05) is 32.9 Å². The van der Waals surface area contributed by atoms with E-state index >= 15 is 0 Å². The minimum Gasteiger partial charge on any atom is -0.506 e. The number of phenolic OH excluding ortho intramolecular Hbond substituents is 1. The number of hydrogen-bond acceptors (Lipinski definition) is 3. The first kappa shape index (κ1) is 14.9. The summed E-state index contributed by atoms with van der Waals surface area (Å²) >= 11 is 11.9. The molecule has 19 heavy (non-hydrogen) atoms. The number of alkyl halides is 1. The van der Waals surface area contributed by atoms with Crippen LogP contribution in [0.4, 0.5) is 4.39 Å². The highest BCUT2D eigenvalue weighted by molar-refractivity contribution is 6.35. The predicted molar refractivity (Wildman–Crippen MR) is 75.9 cm³/mol. The van der Waals surface area contributed by atoms with E-state index in [-0.39, 0.29) is 16.8 Å². The molecule has 2 rings (SSSR count). The Morgan fingerprint density at radius 2 is 2.00 bits per heavy atom. The molecule has 0 aromatic heterocycles. The summed E-state index contributed by atoms with van der Waals surface area (Å²) in [5, 5.41) is 14.0. The molecule has 0 saturated carbocycles. The van der Waals surface area contributed by atoms with Crippen molar-refractivity contribution in [3.8, 4) is 5.75 Å². The molecule has 1 heterocycles. The van der Waals surface area contributed by atoms with E-state index in [4.69, 9.17) is 23.2 Å². The standard InChI is InChI=1S/C13H17Cl2FN2O/c14-9-7-10(13(19)11(15)8-9)12(1-2-16)18-5-3-17-4-6-18/h7-8,12,17,19H,1-6H2/t12-/m0/s1. The Morgan fingerprint density at radius 1 is 1.32 bits per heavy atom. The van der Waals surface area contributed by atoms with Gasteiger partial charge in [0.1, 0.15) is 5.75 Å². The van der Waals surface area contributed by atoms with Gasteiger partial charge in [0.15, 0.2) is 0 Å². The predicted octanol–water partition coefficient (Wildman–Crippen LogP) is 3.00. The van der Waals surface area contributed by atoms with Crippen LogP contribution in [0, 0.1) is 0 Å². The van der Waals surface area contributed by atoms with Crippen molar-refractivity contribution in [3.05, 3.63) is 27.7 Å². The maximum atomic E-state index is 12.8. The van der Waals surface area contributed by atoms with Gasteiger partial charge in [-0.15, -0.1) is 0 Å². The Labute approximate surface area is 122 Å². The van der Waals surface area contributed by atoms with Crippen LogP contribution >= 0.6 is 23.2 Å². The summed E-state index contributed by atoms with van der Waals surface area (Å²) in [4.78, 5) is 2.15. The summed E-state index contributed by atoms with van der Waals surface area (Å²) in [6.45, 7) is 2.90. The number of phenols is 1. The molecule has 3 nitrogen and oxygen atoms in total. The van der Waals surface area contributed by atoms with Crippen molar-refractivity contribution in [3.63, 3.8) is 0 Å².